The third kappa shape index (κ3) is 0.760. The number of pyridine rings is 1. The Morgan fingerprint density at radius 3 is 3.30 bits per heavy atom. The molecule has 0 unspecified atom stereocenters. The lowest BCUT2D eigenvalue weighted by atomic mass is 10.2. The molecule has 0 N–H and O–H groups in total. The van der Waals surface area contributed by atoms with E-state index in [4.69, 9.17) is 5.48 Å². The fraction of sp³-hybridized carbons (Fsp3) is 0. The third-order valence-corrected chi connectivity index (χ3v) is 1.24. The van der Waals surface area contributed by atoms with Crippen molar-refractivity contribution in [3.05, 3.63) is 42.5 Å². The normalized spacial score (nSPS) is 15.6. The molecular formula is C9H7N. The molecule has 10 heavy (non-hydrogen) atoms. The Kier molecular flexibility index (Phi) is 0.569. The molecule has 0 aliphatic rings. The van der Waals surface area contributed by atoms with Gasteiger partial charge >= 0.3 is 0 Å². The van der Waals surface area contributed by atoms with Crippen LogP contribution in [0.15, 0.2) is 42.5 Å². The number of hydrogen-bond acceptors (Lipinski definition) is 1. The molecule has 1 heterocycles. The summed E-state index contributed by atoms with van der Waals surface area (Å²) in [6.45, 7) is 0. The van der Waals surface area contributed by atoms with Crippen LogP contribution in [0.5, 0.6) is 0 Å². The van der Waals surface area contributed by atoms with E-state index in [1.807, 2.05) is 0 Å². The van der Waals surface area contributed by atoms with Crippen LogP contribution >= 0.6 is 0 Å². The number of hydrogen-bond donors (Lipinski definition) is 0. The minimum absolute atomic E-state index is 0.0158. The summed E-state index contributed by atoms with van der Waals surface area (Å²) in [5, 5.41) is 0.457. The van der Waals surface area contributed by atoms with Crippen molar-refractivity contribution < 1.29 is 5.48 Å². The highest BCUT2D eigenvalue weighted by Gasteiger charge is 1.86. The molecule has 48 valence electrons. The monoisotopic (exact) mass is 133 g/mol. The van der Waals surface area contributed by atoms with E-state index in [1.54, 1.807) is 6.07 Å². The minimum Gasteiger partial charge on any atom is -0.256 e. The molecule has 0 saturated heterocycles. The number of nitrogens with zero attached hydrogens (tertiary/aromatic N) is 1. The second-order valence-electron chi connectivity index (χ2n) is 1.89. The van der Waals surface area contributed by atoms with Crippen LogP contribution in [0.3, 0.4) is 0 Å². The van der Waals surface area contributed by atoms with Gasteiger partial charge in [-0.1, -0.05) is 24.2 Å². The molecule has 1 aromatic heterocycles. The van der Waals surface area contributed by atoms with Crippen LogP contribution in [0.25, 0.3) is 10.9 Å². The zero-order valence-corrected chi connectivity index (χ0v) is 5.18. The Morgan fingerprint density at radius 1 is 1.30 bits per heavy atom. The summed E-state index contributed by atoms with van der Waals surface area (Å²) in [4.78, 5) is 3.85. The van der Waals surface area contributed by atoms with E-state index in [1.165, 1.54) is 12.1 Å². The lowest BCUT2D eigenvalue weighted by molar-refractivity contribution is 1.41. The van der Waals surface area contributed by atoms with Gasteiger partial charge in [0.1, 0.15) is 0 Å². The highest BCUT2D eigenvalue weighted by atomic mass is 14.6. The summed E-state index contributed by atoms with van der Waals surface area (Å²) in [5.41, 5.74) is 0.318. The van der Waals surface area contributed by atoms with Crippen molar-refractivity contribution in [2.45, 2.75) is 0 Å². The largest absolute Gasteiger partial charge is 0.256 e. The van der Waals surface area contributed by atoms with Crippen molar-refractivity contribution in [1.82, 2.24) is 4.98 Å². The predicted molar refractivity (Wildman–Crippen MR) is 41.7 cm³/mol. The first kappa shape index (κ1) is 2.70. The van der Waals surface area contributed by atoms with Crippen LogP contribution in [0.2, 0.25) is 0 Å². The first-order valence-corrected chi connectivity index (χ1v) is 2.94. The van der Waals surface area contributed by atoms with Gasteiger partial charge in [-0.05, 0) is 12.1 Å². The van der Waals surface area contributed by atoms with Crippen molar-refractivity contribution in [1.29, 1.82) is 0 Å². The molecule has 0 atom stereocenters. The molecule has 0 saturated carbocycles. The Balaban J connectivity index is 2.94. The Morgan fingerprint density at radius 2 is 2.30 bits per heavy atom. The van der Waals surface area contributed by atoms with E-state index in [9.17, 15) is 0 Å². The van der Waals surface area contributed by atoms with Gasteiger partial charge in [0.15, 0.2) is 0 Å². The van der Waals surface area contributed by atoms with Crippen LogP contribution in [0.1, 0.15) is 5.48 Å². The predicted octanol–water partition coefficient (Wildman–Crippen LogP) is 2.23. The number of aromatic nitrogens is 1. The highest BCUT2D eigenvalue weighted by Crippen LogP contribution is 2.07. The van der Waals surface area contributed by atoms with Crippen molar-refractivity contribution in [2.24, 2.45) is 0 Å². The molecule has 1 aromatic carbocycles. The van der Waals surface area contributed by atoms with Gasteiger partial charge in [0.05, 0.1) is 11.0 Å². The van der Waals surface area contributed by atoms with Gasteiger partial charge in [-0.2, -0.15) is 0 Å². The molecule has 0 radical (unpaired) electrons. The Hall–Kier alpha value is -1.37. The molecule has 1 nitrogen and oxygen atoms in total. The molecular weight excluding hydrogens is 122 g/mol. The van der Waals surface area contributed by atoms with Crippen molar-refractivity contribution in [3.8, 4) is 0 Å². The summed E-state index contributed by atoms with van der Waals surface area (Å²) < 4.78 is 29.8. The van der Waals surface area contributed by atoms with Crippen molar-refractivity contribution >= 4 is 10.9 Å². The van der Waals surface area contributed by atoms with E-state index in [-0.39, 0.29) is 24.3 Å². The lowest BCUT2D eigenvalue weighted by Crippen LogP contribution is -1.73. The first-order valence-electron chi connectivity index (χ1n) is 4.94. The molecule has 0 amide bonds. The van der Waals surface area contributed by atoms with Gasteiger partial charge in [0, 0.05) is 11.6 Å². The van der Waals surface area contributed by atoms with Crippen LogP contribution in [-0.2, 0) is 0 Å². The SMILES string of the molecule is [2H]c1ccc2c([2H])c([2H])cc([2H])c2n1. The van der Waals surface area contributed by atoms with E-state index in [0.717, 1.165) is 0 Å². The molecule has 2 aromatic rings. The number of fused-ring (bicyclic) bond motifs is 1. The maximum absolute atomic E-state index is 7.58. The third-order valence-electron chi connectivity index (χ3n) is 1.24. The summed E-state index contributed by atoms with van der Waals surface area (Å²) in [5.74, 6) is 0. The topological polar surface area (TPSA) is 12.9 Å². The van der Waals surface area contributed by atoms with Gasteiger partial charge in [0.25, 0.3) is 0 Å². The molecule has 0 fully saturated rings. The fourth-order valence-electron chi connectivity index (χ4n) is 0.791. The lowest BCUT2D eigenvalue weighted by Gasteiger charge is -1.91. The van der Waals surface area contributed by atoms with Gasteiger partial charge in [0.2, 0.25) is 0 Å². The molecule has 0 aliphatic heterocycles. The van der Waals surface area contributed by atoms with Gasteiger partial charge < -0.3 is 0 Å². The molecule has 0 aliphatic carbocycles. The quantitative estimate of drug-likeness (QED) is 0.537. The zero-order chi connectivity index (χ0) is 10.3. The van der Waals surface area contributed by atoms with Gasteiger partial charge in [-0.15, -0.1) is 0 Å². The Bertz CT molecular complexity index is 510. The van der Waals surface area contributed by atoms with E-state index < -0.39 is 0 Å². The number of benzene rings is 1. The van der Waals surface area contributed by atoms with Crippen LogP contribution in [0, 0.1) is 0 Å². The second kappa shape index (κ2) is 2.10. The van der Waals surface area contributed by atoms with E-state index >= 15 is 0 Å². The second-order valence-corrected chi connectivity index (χ2v) is 1.89. The molecule has 0 bridgehead atoms. The van der Waals surface area contributed by atoms with E-state index in [0.29, 0.717) is 10.9 Å². The van der Waals surface area contributed by atoms with Crippen molar-refractivity contribution in [2.75, 3.05) is 0 Å². The molecule has 0 spiro atoms. The van der Waals surface area contributed by atoms with E-state index in [2.05, 4.69) is 4.98 Å². The summed E-state index contributed by atoms with van der Waals surface area (Å²) in [6, 6.07) is 4.46. The highest BCUT2D eigenvalue weighted by molar-refractivity contribution is 5.77. The smallest absolute Gasteiger partial charge is 0.0840 e. The minimum atomic E-state index is 0.0158. The maximum atomic E-state index is 7.58. The van der Waals surface area contributed by atoms with Crippen molar-refractivity contribution in [3.63, 3.8) is 0 Å². The summed E-state index contributed by atoms with van der Waals surface area (Å²) in [6.07, 6.45) is 0.0723. The summed E-state index contributed by atoms with van der Waals surface area (Å²) >= 11 is 0. The molecule has 1 heteroatoms. The van der Waals surface area contributed by atoms with Gasteiger partial charge in [-0.25, -0.2) is 0 Å². The average molecular weight is 133 g/mol. The maximum Gasteiger partial charge on any atom is 0.0840 e. The average Bonchev–Trinajstić information content (AvgIpc) is 2.14. The first-order chi connectivity index (χ1) is 6.59. The van der Waals surface area contributed by atoms with Crippen LogP contribution < -0.4 is 0 Å². The van der Waals surface area contributed by atoms with Crippen LogP contribution in [0.4, 0.5) is 0 Å². The van der Waals surface area contributed by atoms with Gasteiger partial charge in [-0.3, -0.25) is 4.98 Å². The molecule has 2 rings (SSSR count). The Labute approximate surface area is 65.0 Å². The number of rotatable bonds is 0. The summed E-state index contributed by atoms with van der Waals surface area (Å²) in [7, 11) is 0. The standard InChI is InChI=1S/C9H7N/c1-2-6-9-8(4-1)5-3-7-10-9/h1-7H/i1D,4D,6D,7D. The van der Waals surface area contributed by atoms with Crippen LogP contribution in [-0.4, -0.2) is 4.98 Å². The number of para-hydroxylation sites is 1. The fourth-order valence-corrected chi connectivity index (χ4v) is 0.791. The zero-order valence-electron chi connectivity index (χ0n) is 9.18.